The van der Waals surface area contributed by atoms with Crippen LogP contribution in [0, 0.1) is 5.41 Å². The van der Waals surface area contributed by atoms with Gasteiger partial charge in [0.1, 0.15) is 17.4 Å². The molecule has 1 aromatic carbocycles. The SMILES string of the molecule is CCC1(CC)CC(=O)N(C(c2cncc(C(=O)N[C@H]3CC(C)(C)Oc4ccccc43)c2)c2cncs2)C(=N)N1. The fourth-order valence-corrected chi connectivity index (χ4v) is 6.25. The Kier molecular flexibility index (Phi) is 7.15. The minimum atomic E-state index is -0.625. The maximum absolute atomic E-state index is 13.5. The molecule has 204 valence electrons. The normalized spacial score (nSPS) is 20.4. The van der Waals surface area contributed by atoms with Crippen molar-refractivity contribution >= 4 is 29.1 Å². The number of guanidine groups is 1. The molecule has 9 nitrogen and oxygen atoms in total. The molecule has 2 amide bonds. The number of hydrogen-bond donors (Lipinski definition) is 3. The highest BCUT2D eigenvalue weighted by Gasteiger charge is 2.43. The summed E-state index contributed by atoms with van der Waals surface area (Å²) in [5.41, 5.74) is 2.79. The van der Waals surface area contributed by atoms with E-state index < -0.39 is 17.2 Å². The fraction of sp³-hybridized carbons (Fsp3) is 0.414. The molecule has 0 spiro atoms. The van der Waals surface area contributed by atoms with Crippen LogP contribution in [0.2, 0.25) is 0 Å². The van der Waals surface area contributed by atoms with Gasteiger partial charge in [-0.25, -0.2) is 0 Å². The Hall–Kier alpha value is -3.79. The number of ether oxygens (including phenoxy) is 1. The first kappa shape index (κ1) is 26.8. The number of amides is 2. The Labute approximate surface area is 232 Å². The molecule has 4 heterocycles. The van der Waals surface area contributed by atoms with E-state index in [-0.39, 0.29) is 30.2 Å². The molecule has 39 heavy (non-hydrogen) atoms. The van der Waals surface area contributed by atoms with Gasteiger partial charge in [0.05, 0.1) is 28.4 Å². The largest absolute Gasteiger partial charge is 0.487 e. The van der Waals surface area contributed by atoms with Crippen molar-refractivity contribution in [2.75, 3.05) is 0 Å². The van der Waals surface area contributed by atoms with Crippen molar-refractivity contribution in [1.82, 2.24) is 25.5 Å². The number of nitrogens with one attached hydrogen (secondary N) is 3. The third kappa shape index (κ3) is 5.25. The number of thiazole rings is 1. The van der Waals surface area contributed by atoms with E-state index >= 15 is 0 Å². The van der Waals surface area contributed by atoms with Crippen molar-refractivity contribution in [1.29, 1.82) is 5.41 Å². The lowest BCUT2D eigenvalue weighted by molar-refractivity contribution is -0.132. The van der Waals surface area contributed by atoms with Crippen molar-refractivity contribution < 1.29 is 14.3 Å². The van der Waals surface area contributed by atoms with E-state index in [2.05, 4.69) is 20.6 Å². The highest BCUT2D eigenvalue weighted by Crippen LogP contribution is 2.40. The van der Waals surface area contributed by atoms with Gasteiger partial charge in [0.25, 0.3) is 5.91 Å². The maximum Gasteiger partial charge on any atom is 0.253 e. The molecule has 2 aromatic heterocycles. The summed E-state index contributed by atoms with van der Waals surface area (Å²) in [6, 6.07) is 8.65. The summed E-state index contributed by atoms with van der Waals surface area (Å²) < 4.78 is 6.11. The Morgan fingerprint density at radius 2 is 2.00 bits per heavy atom. The van der Waals surface area contributed by atoms with Gasteiger partial charge >= 0.3 is 0 Å². The predicted octanol–water partition coefficient (Wildman–Crippen LogP) is 4.98. The molecule has 1 saturated heterocycles. The Bertz CT molecular complexity index is 1370. The number of nitrogens with zero attached hydrogens (tertiary/aromatic N) is 3. The molecule has 3 aromatic rings. The number of pyridine rings is 1. The molecule has 1 unspecified atom stereocenters. The van der Waals surface area contributed by atoms with Gasteiger partial charge in [-0.05, 0) is 44.4 Å². The number of rotatable bonds is 7. The zero-order valence-electron chi connectivity index (χ0n) is 22.7. The van der Waals surface area contributed by atoms with Gasteiger partial charge in [-0.2, -0.15) is 0 Å². The van der Waals surface area contributed by atoms with Crippen molar-refractivity contribution in [3.8, 4) is 5.75 Å². The summed E-state index contributed by atoms with van der Waals surface area (Å²) in [6.45, 7) is 8.07. The summed E-state index contributed by atoms with van der Waals surface area (Å²) in [6.07, 6.45) is 7.25. The van der Waals surface area contributed by atoms with E-state index in [4.69, 9.17) is 10.1 Å². The van der Waals surface area contributed by atoms with Crippen LogP contribution in [0.3, 0.4) is 0 Å². The molecule has 0 saturated carbocycles. The number of benzene rings is 1. The molecule has 0 aliphatic carbocycles. The minimum Gasteiger partial charge on any atom is -0.487 e. The first-order valence-corrected chi connectivity index (χ1v) is 14.1. The van der Waals surface area contributed by atoms with E-state index in [0.717, 1.165) is 29.0 Å². The van der Waals surface area contributed by atoms with Gasteiger partial charge in [0.15, 0.2) is 5.96 Å². The Morgan fingerprint density at radius 1 is 1.23 bits per heavy atom. The molecule has 0 bridgehead atoms. The van der Waals surface area contributed by atoms with Crippen LogP contribution in [0.25, 0.3) is 0 Å². The first-order valence-electron chi connectivity index (χ1n) is 13.3. The number of hydrogen-bond acceptors (Lipinski definition) is 7. The minimum absolute atomic E-state index is 0.0456. The third-order valence-electron chi connectivity index (χ3n) is 7.73. The topological polar surface area (TPSA) is 120 Å². The standard InChI is InChI=1S/C29H34N6O3S/c1-5-29(6-2)13-24(36)35(27(30)34-29)25(23-16-32-17-39-23)18-11-19(15-31-14-18)26(37)33-21-12-28(3,4)38-22-10-8-7-9-20(21)22/h7-11,14-17,21,25H,5-6,12-13H2,1-4H3,(H2,30,34)(H,33,37)/t21-,25?/m0/s1. The summed E-state index contributed by atoms with van der Waals surface area (Å²) in [7, 11) is 0. The van der Waals surface area contributed by atoms with Gasteiger partial charge in [-0.1, -0.05) is 32.0 Å². The highest BCUT2D eigenvalue weighted by molar-refractivity contribution is 7.09. The van der Waals surface area contributed by atoms with E-state index in [1.54, 1.807) is 24.0 Å². The molecule has 2 atom stereocenters. The quantitative estimate of drug-likeness (QED) is 0.385. The summed E-state index contributed by atoms with van der Waals surface area (Å²) in [5.74, 6) is 0.404. The summed E-state index contributed by atoms with van der Waals surface area (Å²) in [5, 5.41) is 15.3. The fourth-order valence-electron chi connectivity index (χ4n) is 5.51. The Balaban J connectivity index is 1.45. The highest BCUT2D eigenvalue weighted by atomic mass is 32.1. The molecule has 1 fully saturated rings. The smallest absolute Gasteiger partial charge is 0.253 e. The van der Waals surface area contributed by atoms with Crippen LogP contribution >= 0.6 is 11.3 Å². The van der Waals surface area contributed by atoms with Gasteiger partial charge in [-0.3, -0.25) is 29.9 Å². The third-order valence-corrected chi connectivity index (χ3v) is 8.56. The van der Waals surface area contributed by atoms with E-state index in [1.807, 2.05) is 52.0 Å². The first-order chi connectivity index (χ1) is 18.6. The van der Waals surface area contributed by atoms with Crippen LogP contribution in [0.15, 0.2) is 54.4 Å². The van der Waals surface area contributed by atoms with Crippen molar-refractivity contribution in [2.24, 2.45) is 0 Å². The van der Waals surface area contributed by atoms with Gasteiger partial charge < -0.3 is 15.4 Å². The number of carbonyl (C=O) groups is 2. The lowest BCUT2D eigenvalue weighted by Crippen LogP contribution is -2.62. The zero-order chi connectivity index (χ0) is 27.8. The van der Waals surface area contributed by atoms with Crippen LogP contribution in [0.1, 0.15) is 91.8 Å². The molecule has 5 rings (SSSR count). The molecule has 10 heteroatoms. The lowest BCUT2D eigenvalue weighted by Gasteiger charge is -2.44. The van der Waals surface area contributed by atoms with Crippen LogP contribution < -0.4 is 15.4 Å². The molecule has 2 aliphatic heterocycles. The van der Waals surface area contributed by atoms with Crippen molar-refractivity contribution in [3.05, 3.63) is 76.0 Å². The average Bonchev–Trinajstić information content (AvgIpc) is 3.44. The lowest BCUT2D eigenvalue weighted by atomic mass is 9.86. The van der Waals surface area contributed by atoms with Crippen LogP contribution in [-0.4, -0.2) is 43.8 Å². The second kappa shape index (κ2) is 10.4. The van der Waals surface area contributed by atoms with Crippen LogP contribution in [0.5, 0.6) is 5.75 Å². The number of fused-ring (bicyclic) bond motifs is 1. The molecule has 2 aliphatic rings. The number of para-hydroxylation sites is 1. The van der Waals surface area contributed by atoms with E-state index in [9.17, 15) is 9.59 Å². The van der Waals surface area contributed by atoms with Gasteiger partial charge in [0, 0.05) is 36.1 Å². The summed E-state index contributed by atoms with van der Waals surface area (Å²) >= 11 is 1.40. The zero-order valence-corrected chi connectivity index (χ0v) is 23.5. The Morgan fingerprint density at radius 3 is 2.69 bits per heavy atom. The van der Waals surface area contributed by atoms with Gasteiger partial charge in [0.2, 0.25) is 5.91 Å². The van der Waals surface area contributed by atoms with Crippen LogP contribution in [-0.2, 0) is 4.79 Å². The molecular weight excluding hydrogens is 512 g/mol. The second-order valence-electron chi connectivity index (χ2n) is 10.8. The van der Waals surface area contributed by atoms with Crippen molar-refractivity contribution in [3.63, 3.8) is 0 Å². The second-order valence-corrected chi connectivity index (χ2v) is 11.8. The average molecular weight is 547 g/mol. The van der Waals surface area contributed by atoms with Crippen molar-refractivity contribution in [2.45, 2.75) is 76.6 Å². The van der Waals surface area contributed by atoms with E-state index in [1.165, 1.54) is 22.4 Å². The van der Waals surface area contributed by atoms with E-state index in [0.29, 0.717) is 17.5 Å². The number of aromatic nitrogens is 2. The molecule has 3 N–H and O–H groups in total. The van der Waals surface area contributed by atoms with Crippen LogP contribution in [0.4, 0.5) is 0 Å². The number of carbonyl (C=O) groups excluding carboxylic acids is 2. The monoisotopic (exact) mass is 546 g/mol. The molecular formula is C29H34N6O3S. The van der Waals surface area contributed by atoms with Gasteiger partial charge in [-0.15, -0.1) is 11.3 Å². The maximum atomic E-state index is 13.5. The predicted molar refractivity (Wildman–Crippen MR) is 150 cm³/mol. The molecule has 0 radical (unpaired) electrons. The summed E-state index contributed by atoms with van der Waals surface area (Å²) in [4.78, 5) is 37.9.